The molecule has 0 bridgehead atoms. The molecule has 0 spiro atoms. The minimum atomic E-state index is -0.428. The fourth-order valence-corrected chi connectivity index (χ4v) is 2.66. The quantitative estimate of drug-likeness (QED) is 0.924. The summed E-state index contributed by atoms with van der Waals surface area (Å²) >= 11 is 9.22. The molecule has 0 aliphatic heterocycles. The van der Waals surface area contributed by atoms with Gasteiger partial charge in [0.1, 0.15) is 5.82 Å². The second kappa shape index (κ2) is 5.98. The predicted molar refractivity (Wildman–Crippen MR) is 75.6 cm³/mol. The van der Waals surface area contributed by atoms with E-state index in [2.05, 4.69) is 31.6 Å². The summed E-state index contributed by atoms with van der Waals surface area (Å²) in [5.74, 6) is -0.428. The third-order valence-electron chi connectivity index (χ3n) is 2.79. The lowest BCUT2D eigenvalue weighted by Gasteiger charge is -2.19. The van der Waals surface area contributed by atoms with Crippen molar-refractivity contribution in [3.05, 3.63) is 44.9 Å². The monoisotopic (exact) mass is 346 g/mol. The molecule has 4 nitrogen and oxygen atoms in total. The number of nitrogens with zero attached hydrogens (tertiary/aromatic N) is 3. The van der Waals surface area contributed by atoms with E-state index in [0.29, 0.717) is 4.60 Å². The first-order chi connectivity index (χ1) is 9.04. The molecule has 102 valence electrons. The summed E-state index contributed by atoms with van der Waals surface area (Å²) in [6.45, 7) is 2.74. The van der Waals surface area contributed by atoms with Gasteiger partial charge in [0.2, 0.25) is 0 Å². The molecule has 0 aliphatic carbocycles. The van der Waals surface area contributed by atoms with Crippen molar-refractivity contribution in [3.63, 3.8) is 0 Å². The van der Waals surface area contributed by atoms with Gasteiger partial charge in [-0.15, -0.1) is 5.10 Å². The van der Waals surface area contributed by atoms with Gasteiger partial charge < -0.3 is 5.32 Å². The van der Waals surface area contributed by atoms with Crippen molar-refractivity contribution in [2.45, 2.75) is 13.0 Å². The Morgan fingerprint density at radius 3 is 2.79 bits per heavy atom. The van der Waals surface area contributed by atoms with Crippen LogP contribution in [-0.4, -0.2) is 21.5 Å². The van der Waals surface area contributed by atoms with E-state index in [-0.39, 0.29) is 11.1 Å². The zero-order chi connectivity index (χ0) is 14.0. The van der Waals surface area contributed by atoms with Crippen molar-refractivity contribution in [2.75, 3.05) is 6.54 Å². The molecular formula is C12H13BrClFN4. The predicted octanol–water partition coefficient (Wildman–Crippen LogP) is 3.07. The maximum Gasteiger partial charge on any atom is 0.153 e. The van der Waals surface area contributed by atoms with Crippen molar-refractivity contribution in [1.29, 1.82) is 0 Å². The number of hydrogen-bond donors (Lipinski definition) is 1. The zero-order valence-corrected chi connectivity index (χ0v) is 12.8. The highest BCUT2D eigenvalue weighted by Crippen LogP contribution is 2.29. The summed E-state index contributed by atoms with van der Waals surface area (Å²) in [7, 11) is 1.81. The minimum absolute atomic E-state index is 0.103. The molecular weight excluding hydrogens is 335 g/mol. The molecule has 2 aromatic rings. The van der Waals surface area contributed by atoms with Gasteiger partial charge in [-0.1, -0.05) is 29.8 Å². The van der Waals surface area contributed by atoms with Crippen LogP contribution in [0.4, 0.5) is 4.39 Å². The van der Waals surface area contributed by atoms with E-state index in [1.54, 1.807) is 16.8 Å². The second-order valence-electron chi connectivity index (χ2n) is 4.05. The molecule has 1 heterocycles. The zero-order valence-electron chi connectivity index (χ0n) is 10.5. The lowest BCUT2D eigenvalue weighted by molar-refractivity contribution is 0.564. The molecule has 1 N–H and O–H groups in total. The summed E-state index contributed by atoms with van der Waals surface area (Å²) in [6, 6.07) is 4.52. The van der Waals surface area contributed by atoms with Gasteiger partial charge in [0, 0.05) is 7.05 Å². The van der Waals surface area contributed by atoms with Gasteiger partial charge >= 0.3 is 0 Å². The Balaban J connectivity index is 2.48. The summed E-state index contributed by atoms with van der Waals surface area (Å²) in [4.78, 5) is 0. The SMILES string of the molecule is CCNC(c1ccc(F)c(Cl)c1)c1c(Br)nnn1C. The molecule has 0 saturated heterocycles. The van der Waals surface area contributed by atoms with Crippen LogP contribution < -0.4 is 5.32 Å². The third-order valence-corrected chi connectivity index (χ3v) is 3.64. The molecule has 7 heteroatoms. The van der Waals surface area contributed by atoms with Crippen LogP contribution in [0.1, 0.15) is 24.2 Å². The highest BCUT2D eigenvalue weighted by Gasteiger charge is 2.21. The molecule has 19 heavy (non-hydrogen) atoms. The maximum atomic E-state index is 13.3. The maximum absolute atomic E-state index is 13.3. The van der Waals surface area contributed by atoms with E-state index < -0.39 is 5.82 Å². The first-order valence-corrected chi connectivity index (χ1v) is 6.95. The van der Waals surface area contributed by atoms with Gasteiger partial charge in [0.15, 0.2) is 4.60 Å². The molecule has 0 saturated carbocycles. The van der Waals surface area contributed by atoms with E-state index >= 15 is 0 Å². The Labute approximate surface area is 124 Å². The molecule has 2 rings (SSSR count). The fraction of sp³-hybridized carbons (Fsp3) is 0.333. The van der Waals surface area contributed by atoms with Gasteiger partial charge in [-0.2, -0.15) is 0 Å². The molecule has 0 amide bonds. The topological polar surface area (TPSA) is 42.7 Å². The van der Waals surface area contributed by atoms with Crippen molar-refractivity contribution in [2.24, 2.45) is 7.05 Å². The summed E-state index contributed by atoms with van der Waals surface area (Å²) < 4.78 is 15.6. The van der Waals surface area contributed by atoms with Crippen LogP contribution >= 0.6 is 27.5 Å². The van der Waals surface area contributed by atoms with Gasteiger partial charge in [-0.25, -0.2) is 9.07 Å². The average molecular weight is 348 g/mol. The number of rotatable bonds is 4. The summed E-state index contributed by atoms with van der Waals surface area (Å²) in [6.07, 6.45) is 0. The largest absolute Gasteiger partial charge is 0.305 e. The highest BCUT2D eigenvalue weighted by atomic mass is 79.9. The van der Waals surface area contributed by atoms with Crippen LogP contribution in [0, 0.1) is 5.82 Å². The molecule has 0 radical (unpaired) electrons. The lowest BCUT2D eigenvalue weighted by Crippen LogP contribution is -2.24. The molecule has 1 atom stereocenters. The van der Waals surface area contributed by atoms with Gasteiger partial charge in [0.05, 0.1) is 16.8 Å². The Hall–Kier alpha value is -0.980. The average Bonchev–Trinajstić information content (AvgIpc) is 2.70. The lowest BCUT2D eigenvalue weighted by atomic mass is 10.0. The van der Waals surface area contributed by atoms with E-state index in [1.165, 1.54) is 6.07 Å². The van der Waals surface area contributed by atoms with E-state index in [1.807, 2.05) is 14.0 Å². The number of halogens is 3. The first kappa shape index (κ1) is 14.4. The normalized spacial score (nSPS) is 12.7. The molecule has 1 aromatic carbocycles. The summed E-state index contributed by atoms with van der Waals surface area (Å²) in [5.41, 5.74) is 1.73. The molecule has 0 fully saturated rings. The van der Waals surface area contributed by atoms with Crippen molar-refractivity contribution in [1.82, 2.24) is 20.3 Å². The van der Waals surface area contributed by atoms with E-state index in [9.17, 15) is 4.39 Å². The number of nitrogens with one attached hydrogen (secondary N) is 1. The van der Waals surface area contributed by atoms with Gasteiger partial charge in [-0.3, -0.25) is 0 Å². The van der Waals surface area contributed by atoms with Crippen molar-refractivity contribution in [3.8, 4) is 0 Å². The van der Waals surface area contributed by atoms with E-state index in [4.69, 9.17) is 11.6 Å². The number of benzene rings is 1. The van der Waals surface area contributed by atoms with Crippen molar-refractivity contribution >= 4 is 27.5 Å². The van der Waals surface area contributed by atoms with Crippen LogP contribution in [0.2, 0.25) is 5.02 Å². The Morgan fingerprint density at radius 2 is 2.26 bits per heavy atom. The fourth-order valence-electron chi connectivity index (χ4n) is 1.91. The summed E-state index contributed by atoms with van der Waals surface area (Å²) in [5, 5.41) is 11.3. The minimum Gasteiger partial charge on any atom is -0.305 e. The highest BCUT2D eigenvalue weighted by molar-refractivity contribution is 9.10. The number of hydrogen-bond acceptors (Lipinski definition) is 3. The number of aryl methyl sites for hydroxylation is 1. The standard InChI is InChI=1S/C12H13BrClFN4/c1-3-16-10(11-12(13)17-18-19(11)2)7-4-5-9(15)8(14)6-7/h4-6,10,16H,3H2,1-2H3. The van der Waals surface area contributed by atoms with Gasteiger partial charge in [-0.05, 0) is 40.2 Å². The van der Waals surface area contributed by atoms with Crippen molar-refractivity contribution < 1.29 is 4.39 Å². The van der Waals surface area contributed by atoms with Crippen LogP contribution in [0.3, 0.4) is 0 Å². The van der Waals surface area contributed by atoms with Crippen LogP contribution in [-0.2, 0) is 7.05 Å². The van der Waals surface area contributed by atoms with E-state index in [0.717, 1.165) is 17.8 Å². The Kier molecular flexibility index (Phi) is 4.54. The van der Waals surface area contributed by atoms with Crippen LogP contribution in [0.15, 0.2) is 22.8 Å². The smallest absolute Gasteiger partial charge is 0.153 e. The van der Waals surface area contributed by atoms with Gasteiger partial charge in [0.25, 0.3) is 0 Å². The van der Waals surface area contributed by atoms with Crippen LogP contribution in [0.5, 0.6) is 0 Å². The molecule has 0 aliphatic rings. The Morgan fingerprint density at radius 1 is 1.53 bits per heavy atom. The second-order valence-corrected chi connectivity index (χ2v) is 5.21. The molecule has 1 unspecified atom stereocenters. The molecule has 1 aromatic heterocycles. The van der Waals surface area contributed by atoms with Crippen LogP contribution in [0.25, 0.3) is 0 Å². The number of aromatic nitrogens is 3. The Bertz CT molecular complexity index is 568. The first-order valence-electron chi connectivity index (χ1n) is 5.78. The third kappa shape index (κ3) is 2.96.